The van der Waals surface area contributed by atoms with Gasteiger partial charge in [-0.15, -0.1) is 0 Å². The average Bonchev–Trinajstić information content (AvgIpc) is 3.06. The highest BCUT2D eigenvalue weighted by Gasteiger charge is 2.26. The first-order chi connectivity index (χ1) is 9.56. The molecule has 106 valence electrons. The molecule has 2 aromatic rings. The standard InChI is InChI=1S/C16H20N2O2/c1-10-6-12-8-15(20-14(12)7-11(10)2)16(19)18(3)13-4-5-17-9-13/h6-8,13,17H,4-5,9H2,1-3H3. The molecule has 0 spiro atoms. The van der Waals surface area contributed by atoms with Gasteiger partial charge in [0.25, 0.3) is 5.91 Å². The minimum atomic E-state index is -0.0368. The Kier molecular flexibility index (Phi) is 3.26. The highest BCUT2D eigenvalue weighted by molar-refractivity contribution is 5.96. The topological polar surface area (TPSA) is 45.5 Å². The second-order valence-corrected chi connectivity index (χ2v) is 5.65. The third kappa shape index (κ3) is 2.20. The summed E-state index contributed by atoms with van der Waals surface area (Å²) in [7, 11) is 1.85. The van der Waals surface area contributed by atoms with Crippen molar-refractivity contribution in [2.75, 3.05) is 20.1 Å². The zero-order valence-corrected chi connectivity index (χ0v) is 12.2. The number of amides is 1. The van der Waals surface area contributed by atoms with Gasteiger partial charge < -0.3 is 14.6 Å². The summed E-state index contributed by atoms with van der Waals surface area (Å²) in [5.74, 6) is 0.393. The normalized spacial score (nSPS) is 18.6. The van der Waals surface area contributed by atoms with Crippen molar-refractivity contribution < 1.29 is 9.21 Å². The summed E-state index contributed by atoms with van der Waals surface area (Å²) in [4.78, 5) is 14.3. The van der Waals surface area contributed by atoms with Crippen molar-refractivity contribution in [3.8, 4) is 0 Å². The van der Waals surface area contributed by atoms with E-state index in [1.54, 1.807) is 4.90 Å². The molecule has 0 aliphatic carbocycles. The predicted octanol–water partition coefficient (Wildman–Crippen LogP) is 2.48. The summed E-state index contributed by atoms with van der Waals surface area (Å²) in [6, 6.07) is 6.18. The third-order valence-corrected chi connectivity index (χ3v) is 4.25. The maximum absolute atomic E-state index is 12.5. The number of nitrogens with one attached hydrogen (secondary N) is 1. The van der Waals surface area contributed by atoms with Crippen LogP contribution in [0.15, 0.2) is 22.6 Å². The summed E-state index contributed by atoms with van der Waals surface area (Å²) in [6.45, 7) is 5.95. The van der Waals surface area contributed by atoms with Crippen LogP contribution in [0.1, 0.15) is 28.1 Å². The predicted molar refractivity (Wildman–Crippen MR) is 79.1 cm³/mol. The highest BCUT2D eigenvalue weighted by Crippen LogP contribution is 2.24. The van der Waals surface area contributed by atoms with Crippen LogP contribution in [0, 0.1) is 13.8 Å². The van der Waals surface area contributed by atoms with Crippen LogP contribution in [0.4, 0.5) is 0 Å². The largest absolute Gasteiger partial charge is 0.451 e. The summed E-state index contributed by atoms with van der Waals surface area (Å²) in [6.07, 6.45) is 1.00. The first kappa shape index (κ1) is 13.2. The van der Waals surface area contributed by atoms with Crippen molar-refractivity contribution in [2.24, 2.45) is 0 Å². The molecule has 1 N–H and O–H groups in total. The van der Waals surface area contributed by atoms with Gasteiger partial charge in [0, 0.05) is 25.0 Å². The molecular formula is C16H20N2O2. The van der Waals surface area contributed by atoms with E-state index in [9.17, 15) is 4.79 Å². The van der Waals surface area contributed by atoms with Crippen molar-refractivity contribution in [1.29, 1.82) is 0 Å². The zero-order chi connectivity index (χ0) is 14.3. The van der Waals surface area contributed by atoms with Gasteiger partial charge in [0.2, 0.25) is 0 Å². The second kappa shape index (κ2) is 4.94. The fourth-order valence-electron chi connectivity index (χ4n) is 2.72. The van der Waals surface area contributed by atoms with Crippen molar-refractivity contribution in [1.82, 2.24) is 10.2 Å². The highest BCUT2D eigenvalue weighted by atomic mass is 16.3. The van der Waals surface area contributed by atoms with Gasteiger partial charge in [0.15, 0.2) is 5.76 Å². The van der Waals surface area contributed by atoms with Crippen LogP contribution in [0.3, 0.4) is 0 Å². The van der Waals surface area contributed by atoms with E-state index in [0.29, 0.717) is 5.76 Å². The molecule has 4 nitrogen and oxygen atoms in total. The molecule has 1 aromatic carbocycles. The molecule has 1 saturated heterocycles. The third-order valence-electron chi connectivity index (χ3n) is 4.25. The molecule has 20 heavy (non-hydrogen) atoms. The van der Waals surface area contributed by atoms with Crippen LogP contribution in [-0.2, 0) is 0 Å². The summed E-state index contributed by atoms with van der Waals surface area (Å²) in [5, 5.41) is 4.27. The maximum Gasteiger partial charge on any atom is 0.289 e. The maximum atomic E-state index is 12.5. The number of likely N-dealkylation sites (N-methyl/N-ethyl adjacent to an activating group) is 1. The van der Waals surface area contributed by atoms with Crippen LogP contribution >= 0.6 is 0 Å². The van der Waals surface area contributed by atoms with Gasteiger partial charge in [-0.3, -0.25) is 4.79 Å². The van der Waals surface area contributed by atoms with Gasteiger partial charge >= 0.3 is 0 Å². The van der Waals surface area contributed by atoms with Crippen LogP contribution in [0.2, 0.25) is 0 Å². The van der Waals surface area contributed by atoms with Crippen molar-refractivity contribution in [3.63, 3.8) is 0 Å². The first-order valence-corrected chi connectivity index (χ1v) is 7.05. The van der Waals surface area contributed by atoms with Crippen LogP contribution in [0.25, 0.3) is 11.0 Å². The number of carbonyl (C=O) groups is 1. The molecule has 1 atom stereocenters. The van der Waals surface area contributed by atoms with Gasteiger partial charge in [0.1, 0.15) is 5.58 Å². The van der Waals surface area contributed by atoms with E-state index in [1.807, 2.05) is 19.2 Å². The number of hydrogen-bond donors (Lipinski definition) is 1. The van der Waals surface area contributed by atoms with Crippen molar-refractivity contribution >= 4 is 16.9 Å². The van der Waals surface area contributed by atoms with Gasteiger partial charge in [-0.1, -0.05) is 0 Å². The van der Waals surface area contributed by atoms with E-state index in [-0.39, 0.29) is 11.9 Å². The van der Waals surface area contributed by atoms with Gasteiger partial charge in [-0.2, -0.15) is 0 Å². The lowest BCUT2D eigenvalue weighted by molar-refractivity contribution is 0.0714. The van der Waals surface area contributed by atoms with Crippen LogP contribution < -0.4 is 5.32 Å². The van der Waals surface area contributed by atoms with E-state index >= 15 is 0 Å². The van der Waals surface area contributed by atoms with Crippen LogP contribution in [-0.4, -0.2) is 37.0 Å². The molecular weight excluding hydrogens is 252 g/mol. The van der Waals surface area contributed by atoms with E-state index in [1.165, 1.54) is 11.1 Å². The molecule has 1 aromatic heterocycles. The Balaban J connectivity index is 1.91. The van der Waals surface area contributed by atoms with Crippen LogP contribution in [0.5, 0.6) is 0 Å². The molecule has 1 aliphatic rings. The van der Waals surface area contributed by atoms with Gasteiger partial charge in [-0.05, 0) is 56.1 Å². The molecule has 1 unspecified atom stereocenters. The molecule has 1 aliphatic heterocycles. The summed E-state index contributed by atoms with van der Waals surface area (Å²) < 4.78 is 5.73. The molecule has 1 fully saturated rings. The Morgan fingerprint density at radius 3 is 2.75 bits per heavy atom. The Bertz CT molecular complexity index is 615. The minimum absolute atomic E-state index is 0.0368. The van der Waals surface area contributed by atoms with E-state index in [4.69, 9.17) is 4.42 Å². The van der Waals surface area contributed by atoms with Crippen molar-refractivity contribution in [2.45, 2.75) is 26.3 Å². The Morgan fingerprint density at radius 1 is 1.30 bits per heavy atom. The number of aryl methyl sites for hydroxylation is 2. The number of benzene rings is 1. The first-order valence-electron chi connectivity index (χ1n) is 7.05. The second-order valence-electron chi connectivity index (χ2n) is 5.65. The zero-order valence-electron chi connectivity index (χ0n) is 12.2. The average molecular weight is 272 g/mol. The van der Waals surface area contributed by atoms with E-state index in [0.717, 1.165) is 30.5 Å². The molecule has 3 rings (SSSR count). The smallest absolute Gasteiger partial charge is 0.289 e. The minimum Gasteiger partial charge on any atom is -0.451 e. The molecule has 2 heterocycles. The number of furan rings is 1. The summed E-state index contributed by atoms with van der Waals surface area (Å²) >= 11 is 0. The van der Waals surface area contributed by atoms with Gasteiger partial charge in [0.05, 0.1) is 0 Å². The number of fused-ring (bicyclic) bond motifs is 1. The molecule has 0 saturated carbocycles. The lowest BCUT2D eigenvalue weighted by atomic mass is 10.1. The summed E-state index contributed by atoms with van der Waals surface area (Å²) in [5.41, 5.74) is 3.18. The molecule has 0 bridgehead atoms. The molecule has 1 amide bonds. The molecule has 4 heteroatoms. The lowest BCUT2D eigenvalue weighted by Crippen LogP contribution is -2.38. The fraction of sp³-hybridized carbons (Fsp3) is 0.438. The Hall–Kier alpha value is -1.81. The SMILES string of the molecule is Cc1cc2cc(C(=O)N(C)C3CCNC3)oc2cc1C. The number of rotatable bonds is 2. The van der Waals surface area contributed by atoms with Crippen molar-refractivity contribution in [3.05, 3.63) is 35.1 Å². The number of nitrogens with zero attached hydrogens (tertiary/aromatic N) is 1. The Morgan fingerprint density at radius 2 is 2.05 bits per heavy atom. The number of carbonyl (C=O) groups excluding carboxylic acids is 1. The monoisotopic (exact) mass is 272 g/mol. The quantitative estimate of drug-likeness (QED) is 0.913. The Labute approximate surface area is 118 Å². The van der Waals surface area contributed by atoms with E-state index < -0.39 is 0 Å². The molecule has 0 radical (unpaired) electrons. The number of hydrogen-bond acceptors (Lipinski definition) is 3. The van der Waals surface area contributed by atoms with Gasteiger partial charge in [-0.25, -0.2) is 0 Å². The van der Waals surface area contributed by atoms with E-state index in [2.05, 4.69) is 25.2 Å². The fourth-order valence-corrected chi connectivity index (χ4v) is 2.72. The lowest BCUT2D eigenvalue weighted by Gasteiger charge is -2.22.